The zero-order valence-corrected chi connectivity index (χ0v) is 13.0. The van der Waals surface area contributed by atoms with Gasteiger partial charge in [-0.2, -0.15) is 0 Å². The third-order valence-corrected chi connectivity index (χ3v) is 3.43. The molecule has 5 nitrogen and oxygen atoms in total. The van der Waals surface area contributed by atoms with Crippen LogP contribution in [0.15, 0.2) is 18.2 Å². The van der Waals surface area contributed by atoms with Crippen molar-refractivity contribution in [1.29, 1.82) is 0 Å². The van der Waals surface area contributed by atoms with E-state index in [4.69, 9.17) is 0 Å². The fraction of sp³-hybridized carbons (Fsp3) is 0.500. The molecule has 2 N–H and O–H groups in total. The summed E-state index contributed by atoms with van der Waals surface area (Å²) in [5, 5.41) is 12.2. The largest absolute Gasteiger partial charge is 0.508 e. The standard InChI is InChI=1S/C14H21NO4S/c1-14(2,3)11-7-10(5-6-12(11)16)8-13(17)15-9-20(4,18)19/h5-7,16H,8-9H2,1-4H3,(H,15,17). The van der Waals surface area contributed by atoms with Crippen molar-refractivity contribution in [3.05, 3.63) is 29.3 Å². The number of phenols is 1. The highest BCUT2D eigenvalue weighted by Gasteiger charge is 2.19. The van der Waals surface area contributed by atoms with E-state index in [-0.39, 0.29) is 29.4 Å². The Hall–Kier alpha value is -1.56. The van der Waals surface area contributed by atoms with Crippen molar-refractivity contribution < 1.29 is 18.3 Å². The van der Waals surface area contributed by atoms with Crippen molar-refractivity contribution in [3.63, 3.8) is 0 Å². The minimum Gasteiger partial charge on any atom is -0.508 e. The van der Waals surface area contributed by atoms with Crippen LogP contribution in [0, 0.1) is 0 Å². The van der Waals surface area contributed by atoms with Gasteiger partial charge >= 0.3 is 0 Å². The number of amides is 1. The molecule has 0 radical (unpaired) electrons. The van der Waals surface area contributed by atoms with Gasteiger partial charge in [-0.15, -0.1) is 0 Å². The van der Waals surface area contributed by atoms with Crippen molar-refractivity contribution in [2.75, 3.05) is 12.1 Å². The van der Waals surface area contributed by atoms with Crippen LogP contribution >= 0.6 is 0 Å². The summed E-state index contributed by atoms with van der Waals surface area (Å²) in [5.41, 5.74) is 1.26. The smallest absolute Gasteiger partial charge is 0.225 e. The molecular formula is C14H21NO4S. The van der Waals surface area contributed by atoms with E-state index >= 15 is 0 Å². The summed E-state index contributed by atoms with van der Waals surface area (Å²) in [5.74, 6) is -0.533. The minimum absolute atomic E-state index is 0.0822. The van der Waals surface area contributed by atoms with Gasteiger partial charge in [0.1, 0.15) is 11.6 Å². The van der Waals surface area contributed by atoms with Crippen molar-refractivity contribution in [1.82, 2.24) is 5.32 Å². The monoisotopic (exact) mass is 299 g/mol. The number of phenolic OH excluding ortho intramolecular Hbond substituents is 1. The summed E-state index contributed by atoms with van der Waals surface area (Å²) in [6.45, 7) is 5.90. The first-order chi connectivity index (χ1) is 8.99. The van der Waals surface area contributed by atoms with Gasteiger partial charge in [0.15, 0.2) is 9.84 Å². The van der Waals surface area contributed by atoms with E-state index in [1.54, 1.807) is 18.2 Å². The summed E-state index contributed by atoms with van der Waals surface area (Å²) in [7, 11) is -3.22. The zero-order valence-electron chi connectivity index (χ0n) is 12.2. The van der Waals surface area contributed by atoms with E-state index in [1.165, 1.54) is 0 Å². The molecule has 0 unspecified atom stereocenters. The van der Waals surface area contributed by atoms with E-state index in [9.17, 15) is 18.3 Å². The van der Waals surface area contributed by atoms with Crippen molar-refractivity contribution in [2.24, 2.45) is 0 Å². The van der Waals surface area contributed by atoms with E-state index in [0.717, 1.165) is 17.4 Å². The highest BCUT2D eigenvalue weighted by molar-refractivity contribution is 7.90. The number of hydrogen-bond donors (Lipinski definition) is 2. The predicted octanol–water partition coefficient (Wildman–Crippen LogP) is 1.35. The highest BCUT2D eigenvalue weighted by atomic mass is 32.2. The van der Waals surface area contributed by atoms with Gasteiger partial charge in [-0.1, -0.05) is 32.9 Å². The maximum atomic E-state index is 11.7. The topological polar surface area (TPSA) is 83.5 Å². The molecule has 0 aliphatic rings. The molecule has 0 aromatic heterocycles. The van der Waals surface area contributed by atoms with Gasteiger partial charge in [0.25, 0.3) is 0 Å². The van der Waals surface area contributed by atoms with E-state index < -0.39 is 9.84 Å². The van der Waals surface area contributed by atoms with Crippen LogP contribution < -0.4 is 5.32 Å². The lowest BCUT2D eigenvalue weighted by atomic mass is 9.85. The fourth-order valence-electron chi connectivity index (χ4n) is 1.75. The Morgan fingerprint density at radius 3 is 2.40 bits per heavy atom. The Labute approximate surface area is 119 Å². The number of hydrogen-bond acceptors (Lipinski definition) is 4. The molecule has 0 saturated carbocycles. The second kappa shape index (κ2) is 5.83. The third kappa shape index (κ3) is 5.21. The summed E-state index contributed by atoms with van der Waals surface area (Å²) >= 11 is 0. The second-order valence-corrected chi connectivity index (χ2v) is 8.09. The van der Waals surface area contributed by atoms with Crippen molar-refractivity contribution >= 4 is 15.7 Å². The Balaban J connectivity index is 2.81. The Bertz CT molecular complexity index is 600. The predicted molar refractivity (Wildman–Crippen MR) is 78.4 cm³/mol. The molecule has 1 rings (SSSR count). The number of rotatable bonds is 4. The molecule has 1 aromatic carbocycles. The third-order valence-electron chi connectivity index (χ3n) is 2.77. The molecule has 20 heavy (non-hydrogen) atoms. The molecule has 0 bridgehead atoms. The van der Waals surface area contributed by atoms with Crippen LogP contribution in [0.5, 0.6) is 5.75 Å². The lowest BCUT2D eigenvalue weighted by Gasteiger charge is -2.21. The van der Waals surface area contributed by atoms with Gasteiger partial charge in [-0.3, -0.25) is 4.79 Å². The molecule has 0 spiro atoms. The first-order valence-electron chi connectivity index (χ1n) is 6.26. The Morgan fingerprint density at radius 2 is 1.90 bits per heavy atom. The van der Waals surface area contributed by atoms with Crippen molar-refractivity contribution in [2.45, 2.75) is 32.6 Å². The van der Waals surface area contributed by atoms with Crippen LogP contribution in [0.4, 0.5) is 0 Å². The van der Waals surface area contributed by atoms with E-state index in [1.807, 2.05) is 20.8 Å². The van der Waals surface area contributed by atoms with Crippen LogP contribution in [0.25, 0.3) is 0 Å². The maximum Gasteiger partial charge on any atom is 0.225 e. The van der Waals surface area contributed by atoms with Crippen LogP contribution in [0.2, 0.25) is 0 Å². The van der Waals surface area contributed by atoms with E-state index in [2.05, 4.69) is 5.32 Å². The second-order valence-electron chi connectivity index (χ2n) is 5.95. The molecule has 1 aromatic rings. The number of carbonyl (C=O) groups excluding carboxylic acids is 1. The fourth-order valence-corrected chi connectivity index (χ4v) is 2.18. The number of benzene rings is 1. The maximum absolute atomic E-state index is 11.7. The SMILES string of the molecule is CC(C)(C)c1cc(CC(=O)NCS(C)(=O)=O)ccc1O. The molecule has 0 saturated heterocycles. The van der Waals surface area contributed by atoms with Gasteiger partial charge in [-0.25, -0.2) is 8.42 Å². The van der Waals surface area contributed by atoms with Gasteiger partial charge < -0.3 is 10.4 Å². The highest BCUT2D eigenvalue weighted by Crippen LogP contribution is 2.31. The Morgan fingerprint density at radius 1 is 1.30 bits per heavy atom. The molecule has 0 atom stereocenters. The van der Waals surface area contributed by atoms with Crippen LogP contribution in [0.1, 0.15) is 31.9 Å². The number of sulfone groups is 1. The van der Waals surface area contributed by atoms with Crippen LogP contribution in [-0.2, 0) is 26.5 Å². The van der Waals surface area contributed by atoms with Crippen LogP contribution in [-0.4, -0.2) is 31.6 Å². The summed E-state index contributed by atoms with van der Waals surface area (Å²) in [6, 6.07) is 4.99. The zero-order chi connectivity index (χ0) is 15.6. The molecular weight excluding hydrogens is 278 g/mol. The number of carbonyl (C=O) groups is 1. The number of aromatic hydroxyl groups is 1. The minimum atomic E-state index is -3.22. The summed E-state index contributed by atoms with van der Waals surface area (Å²) in [6.07, 6.45) is 1.14. The van der Waals surface area contributed by atoms with Crippen molar-refractivity contribution in [3.8, 4) is 5.75 Å². The molecule has 6 heteroatoms. The van der Waals surface area contributed by atoms with Gasteiger partial charge in [0.2, 0.25) is 5.91 Å². The quantitative estimate of drug-likeness (QED) is 0.879. The normalized spacial score (nSPS) is 12.2. The molecule has 1 amide bonds. The first-order valence-corrected chi connectivity index (χ1v) is 8.32. The molecule has 0 heterocycles. The van der Waals surface area contributed by atoms with Gasteiger partial charge in [-0.05, 0) is 22.6 Å². The first kappa shape index (κ1) is 16.5. The number of nitrogens with one attached hydrogen (secondary N) is 1. The average molecular weight is 299 g/mol. The molecule has 0 fully saturated rings. The van der Waals surface area contributed by atoms with Gasteiger partial charge in [0.05, 0.1) is 6.42 Å². The molecule has 112 valence electrons. The van der Waals surface area contributed by atoms with E-state index in [0.29, 0.717) is 0 Å². The van der Waals surface area contributed by atoms with Crippen LogP contribution in [0.3, 0.4) is 0 Å². The van der Waals surface area contributed by atoms with Gasteiger partial charge in [0, 0.05) is 6.26 Å². The lowest BCUT2D eigenvalue weighted by molar-refractivity contribution is -0.120. The average Bonchev–Trinajstić information content (AvgIpc) is 2.27. The lowest BCUT2D eigenvalue weighted by Crippen LogP contribution is -2.30. The molecule has 0 aliphatic heterocycles. The summed E-state index contributed by atoms with van der Waals surface area (Å²) in [4.78, 5) is 11.7. The summed E-state index contributed by atoms with van der Waals surface area (Å²) < 4.78 is 21.9. The molecule has 0 aliphatic carbocycles. The Kier molecular flexibility index (Phi) is 4.81.